The van der Waals surface area contributed by atoms with E-state index in [9.17, 15) is 0 Å². The van der Waals surface area contributed by atoms with Gasteiger partial charge in [0.1, 0.15) is 5.75 Å². The van der Waals surface area contributed by atoms with Gasteiger partial charge in [-0.05, 0) is 42.7 Å². The van der Waals surface area contributed by atoms with Crippen LogP contribution in [0.15, 0.2) is 36.5 Å². The third kappa shape index (κ3) is 4.64. The SMILES string of the molecule is CCCCOc1ccc(CNc2c(C)ccnc2Cl)cc1. The number of anilines is 1. The molecular weight excluding hydrogens is 284 g/mol. The van der Waals surface area contributed by atoms with E-state index in [2.05, 4.69) is 29.4 Å². The summed E-state index contributed by atoms with van der Waals surface area (Å²) < 4.78 is 5.65. The predicted molar refractivity (Wildman–Crippen MR) is 88.2 cm³/mol. The van der Waals surface area contributed by atoms with Crippen LogP contribution in [0.25, 0.3) is 0 Å². The molecule has 1 aromatic carbocycles. The summed E-state index contributed by atoms with van der Waals surface area (Å²) in [6.07, 6.45) is 3.95. The summed E-state index contributed by atoms with van der Waals surface area (Å²) in [6.45, 7) is 5.66. The minimum Gasteiger partial charge on any atom is -0.494 e. The molecule has 2 aromatic rings. The number of rotatable bonds is 7. The van der Waals surface area contributed by atoms with Gasteiger partial charge in [0.2, 0.25) is 0 Å². The first-order valence-electron chi connectivity index (χ1n) is 7.27. The summed E-state index contributed by atoms with van der Waals surface area (Å²) >= 11 is 6.10. The first-order valence-corrected chi connectivity index (χ1v) is 7.65. The van der Waals surface area contributed by atoms with Crippen molar-refractivity contribution in [3.05, 3.63) is 52.8 Å². The smallest absolute Gasteiger partial charge is 0.152 e. The number of nitrogens with zero attached hydrogens (tertiary/aromatic N) is 1. The van der Waals surface area contributed by atoms with E-state index < -0.39 is 0 Å². The van der Waals surface area contributed by atoms with E-state index in [0.717, 1.165) is 36.4 Å². The van der Waals surface area contributed by atoms with Crippen molar-refractivity contribution in [2.45, 2.75) is 33.2 Å². The molecular formula is C17H21ClN2O. The Bertz CT molecular complexity index is 549. The number of hydrogen-bond acceptors (Lipinski definition) is 3. The lowest BCUT2D eigenvalue weighted by atomic mass is 10.2. The van der Waals surface area contributed by atoms with E-state index in [0.29, 0.717) is 11.7 Å². The van der Waals surface area contributed by atoms with Crippen LogP contribution in [0.2, 0.25) is 5.15 Å². The maximum atomic E-state index is 6.10. The Hall–Kier alpha value is -1.74. The zero-order valence-electron chi connectivity index (χ0n) is 12.5. The lowest BCUT2D eigenvalue weighted by Crippen LogP contribution is -2.03. The summed E-state index contributed by atoms with van der Waals surface area (Å²) in [5, 5.41) is 3.84. The van der Waals surface area contributed by atoms with E-state index >= 15 is 0 Å². The molecule has 0 aliphatic carbocycles. The van der Waals surface area contributed by atoms with Gasteiger partial charge in [-0.1, -0.05) is 37.1 Å². The van der Waals surface area contributed by atoms with Crippen molar-refractivity contribution < 1.29 is 4.74 Å². The Morgan fingerprint density at radius 2 is 1.95 bits per heavy atom. The topological polar surface area (TPSA) is 34.1 Å². The minimum atomic E-state index is 0.509. The molecule has 0 saturated carbocycles. The molecule has 0 radical (unpaired) electrons. The first kappa shape index (κ1) is 15.6. The van der Waals surface area contributed by atoms with E-state index in [1.807, 2.05) is 25.1 Å². The largest absolute Gasteiger partial charge is 0.494 e. The van der Waals surface area contributed by atoms with Gasteiger partial charge in [0.25, 0.3) is 0 Å². The molecule has 4 heteroatoms. The Kier molecular flexibility index (Phi) is 5.88. The second-order valence-corrected chi connectivity index (χ2v) is 5.35. The molecule has 0 atom stereocenters. The van der Waals surface area contributed by atoms with Crippen molar-refractivity contribution in [1.29, 1.82) is 0 Å². The number of benzene rings is 1. The standard InChI is InChI=1S/C17H21ClN2O/c1-3-4-11-21-15-7-5-14(6-8-15)12-20-16-13(2)9-10-19-17(16)18/h5-10,20H,3-4,11-12H2,1-2H3. The highest BCUT2D eigenvalue weighted by atomic mass is 35.5. The number of aromatic nitrogens is 1. The lowest BCUT2D eigenvalue weighted by Gasteiger charge is -2.11. The second-order valence-electron chi connectivity index (χ2n) is 4.99. The highest BCUT2D eigenvalue weighted by Crippen LogP contribution is 2.23. The number of aryl methyl sites for hydroxylation is 1. The normalized spacial score (nSPS) is 10.4. The molecule has 0 aliphatic heterocycles. The van der Waals surface area contributed by atoms with Crippen LogP contribution in [0, 0.1) is 6.92 Å². The van der Waals surface area contributed by atoms with Crippen molar-refractivity contribution >= 4 is 17.3 Å². The van der Waals surface area contributed by atoms with Crippen LogP contribution >= 0.6 is 11.6 Å². The zero-order valence-corrected chi connectivity index (χ0v) is 13.3. The van der Waals surface area contributed by atoms with Gasteiger partial charge in [0.15, 0.2) is 5.15 Å². The maximum absolute atomic E-state index is 6.10. The summed E-state index contributed by atoms with van der Waals surface area (Å²) in [5.41, 5.74) is 3.16. The number of unbranched alkanes of at least 4 members (excludes halogenated alkanes) is 1. The second kappa shape index (κ2) is 7.89. The summed E-state index contributed by atoms with van der Waals surface area (Å²) in [7, 11) is 0. The molecule has 0 bridgehead atoms. The summed E-state index contributed by atoms with van der Waals surface area (Å²) in [4.78, 5) is 4.09. The highest BCUT2D eigenvalue weighted by Gasteiger charge is 2.04. The fourth-order valence-electron chi connectivity index (χ4n) is 1.97. The molecule has 1 aromatic heterocycles. The number of hydrogen-bond donors (Lipinski definition) is 1. The van der Waals surface area contributed by atoms with Crippen LogP contribution in [-0.4, -0.2) is 11.6 Å². The van der Waals surface area contributed by atoms with E-state index in [4.69, 9.17) is 16.3 Å². The van der Waals surface area contributed by atoms with Crippen LogP contribution < -0.4 is 10.1 Å². The number of nitrogens with one attached hydrogen (secondary N) is 1. The van der Waals surface area contributed by atoms with Gasteiger partial charge in [-0.15, -0.1) is 0 Å². The van der Waals surface area contributed by atoms with Gasteiger partial charge in [0, 0.05) is 12.7 Å². The maximum Gasteiger partial charge on any atom is 0.152 e. The molecule has 0 amide bonds. The molecule has 1 heterocycles. The Morgan fingerprint density at radius 1 is 1.19 bits per heavy atom. The molecule has 0 unspecified atom stereocenters. The van der Waals surface area contributed by atoms with Crippen LogP contribution in [-0.2, 0) is 6.54 Å². The van der Waals surface area contributed by atoms with Crippen molar-refractivity contribution in [2.75, 3.05) is 11.9 Å². The van der Waals surface area contributed by atoms with Gasteiger partial charge in [0.05, 0.1) is 12.3 Å². The predicted octanol–water partition coefficient (Wildman–Crippen LogP) is 4.83. The van der Waals surface area contributed by atoms with Gasteiger partial charge in [-0.25, -0.2) is 4.98 Å². The molecule has 0 fully saturated rings. The van der Waals surface area contributed by atoms with Crippen LogP contribution in [0.1, 0.15) is 30.9 Å². The molecule has 0 aliphatic rings. The van der Waals surface area contributed by atoms with Gasteiger partial charge < -0.3 is 10.1 Å². The molecule has 21 heavy (non-hydrogen) atoms. The third-order valence-corrected chi connectivity index (χ3v) is 3.56. The summed E-state index contributed by atoms with van der Waals surface area (Å²) in [6, 6.07) is 10.1. The van der Waals surface area contributed by atoms with Gasteiger partial charge in [-0.3, -0.25) is 0 Å². The number of pyridine rings is 1. The van der Waals surface area contributed by atoms with Crippen LogP contribution in [0.3, 0.4) is 0 Å². The zero-order chi connectivity index (χ0) is 15.1. The summed E-state index contributed by atoms with van der Waals surface area (Å²) in [5.74, 6) is 0.919. The molecule has 1 N–H and O–H groups in total. The molecule has 0 spiro atoms. The fraction of sp³-hybridized carbons (Fsp3) is 0.353. The average Bonchev–Trinajstić information content (AvgIpc) is 2.48. The van der Waals surface area contributed by atoms with E-state index in [1.54, 1.807) is 6.20 Å². The first-order chi connectivity index (χ1) is 10.2. The van der Waals surface area contributed by atoms with Gasteiger partial charge in [-0.2, -0.15) is 0 Å². The van der Waals surface area contributed by atoms with E-state index in [1.165, 1.54) is 5.56 Å². The molecule has 112 valence electrons. The average molecular weight is 305 g/mol. The quantitative estimate of drug-likeness (QED) is 0.587. The third-order valence-electron chi connectivity index (χ3n) is 3.27. The number of halogens is 1. The van der Waals surface area contributed by atoms with Crippen LogP contribution in [0.4, 0.5) is 5.69 Å². The van der Waals surface area contributed by atoms with Gasteiger partial charge >= 0.3 is 0 Å². The lowest BCUT2D eigenvalue weighted by molar-refractivity contribution is 0.309. The van der Waals surface area contributed by atoms with E-state index in [-0.39, 0.29) is 0 Å². The van der Waals surface area contributed by atoms with Crippen molar-refractivity contribution in [3.8, 4) is 5.75 Å². The Balaban J connectivity index is 1.92. The van der Waals surface area contributed by atoms with Crippen LogP contribution in [0.5, 0.6) is 5.75 Å². The molecule has 2 rings (SSSR count). The van der Waals surface area contributed by atoms with Crippen molar-refractivity contribution in [2.24, 2.45) is 0 Å². The molecule has 0 saturated heterocycles. The minimum absolute atomic E-state index is 0.509. The van der Waals surface area contributed by atoms with Crippen molar-refractivity contribution in [1.82, 2.24) is 4.98 Å². The highest BCUT2D eigenvalue weighted by molar-refractivity contribution is 6.32. The fourth-order valence-corrected chi connectivity index (χ4v) is 2.24. The Labute approximate surface area is 131 Å². The number of ether oxygens (including phenoxy) is 1. The van der Waals surface area contributed by atoms with Crippen molar-refractivity contribution in [3.63, 3.8) is 0 Å². The molecule has 3 nitrogen and oxygen atoms in total. The monoisotopic (exact) mass is 304 g/mol. The Morgan fingerprint density at radius 3 is 2.62 bits per heavy atom.